The summed E-state index contributed by atoms with van der Waals surface area (Å²) in [5.41, 5.74) is 5.64. The average molecular weight is 316 g/mol. The standard InChI is InChI=1S/C13H17FN2O4S/c1-20-13(17)9-4-6-16(7-5-9)21(18,19)12-8-10(14)2-3-11(12)15/h2-3,8-9H,4-7,15H2,1H3. The number of halogens is 1. The van der Waals surface area contributed by atoms with E-state index in [-0.39, 0.29) is 35.6 Å². The Morgan fingerprint density at radius 3 is 2.57 bits per heavy atom. The van der Waals surface area contributed by atoms with Crippen LogP contribution in [0.4, 0.5) is 10.1 Å². The molecule has 2 rings (SSSR count). The number of hydrogen-bond acceptors (Lipinski definition) is 5. The number of anilines is 1. The molecule has 116 valence electrons. The third-order valence-electron chi connectivity index (χ3n) is 3.58. The van der Waals surface area contributed by atoms with Gasteiger partial charge in [-0.25, -0.2) is 12.8 Å². The van der Waals surface area contributed by atoms with Crippen LogP contribution in [0.2, 0.25) is 0 Å². The second-order valence-electron chi connectivity index (χ2n) is 4.88. The van der Waals surface area contributed by atoms with Gasteiger partial charge in [0.05, 0.1) is 18.7 Å². The molecule has 1 aromatic rings. The maximum absolute atomic E-state index is 13.3. The van der Waals surface area contributed by atoms with Crippen molar-refractivity contribution in [3.8, 4) is 0 Å². The van der Waals surface area contributed by atoms with Crippen LogP contribution in [0.3, 0.4) is 0 Å². The zero-order chi connectivity index (χ0) is 15.6. The normalized spacial score (nSPS) is 17.6. The molecule has 0 bridgehead atoms. The number of carbonyl (C=O) groups is 1. The van der Waals surface area contributed by atoms with E-state index in [0.29, 0.717) is 12.8 Å². The quantitative estimate of drug-likeness (QED) is 0.663. The van der Waals surface area contributed by atoms with Crippen LogP contribution in [0.15, 0.2) is 23.1 Å². The van der Waals surface area contributed by atoms with Gasteiger partial charge in [0.25, 0.3) is 0 Å². The highest BCUT2D eigenvalue weighted by molar-refractivity contribution is 7.89. The van der Waals surface area contributed by atoms with Crippen LogP contribution in [0.1, 0.15) is 12.8 Å². The molecule has 0 saturated carbocycles. The topological polar surface area (TPSA) is 89.7 Å². The van der Waals surface area contributed by atoms with Crippen LogP contribution in [-0.4, -0.2) is 38.9 Å². The Labute approximate surface area is 122 Å². The molecule has 1 fully saturated rings. The fourth-order valence-corrected chi connectivity index (χ4v) is 3.97. The Kier molecular flexibility index (Phi) is 4.48. The molecule has 2 N–H and O–H groups in total. The van der Waals surface area contributed by atoms with E-state index in [2.05, 4.69) is 4.74 Å². The summed E-state index contributed by atoms with van der Waals surface area (Å²) in [6.07, 6.45) is 0.752. The summed E-state index contributed by atoms with van der Waals surface area (Å²) in [6, 6.07) is 3.25. The second-order valence-corrected chi connectivity index (χ2v) is 6.79. The molecule has 0 amide bonds. The van der Waals surface area contributed by atoms with Crippen molar-refractivity contribution in [3.63, 3.8) is 0 Å². The SMILES string of the molecule is COC(=O)C1CCN(S(=O)(=O)c2cc(F)ccc2N)CC1. The van der Waals surface area contributed by atoms with Gasteiger partial charge in [0.1, 0.15) is 10.7 Å². The van der Waals surface area contributed by atoms with Gasteiger partial charge in [0.2, 0.25) is 10.0 Å². The van der Waals surface area contributed by atoms with E-state index < -0.39 is 15.8 Å². The molecule has 1 aliphatic heterocycles. The zero-order valence-corrected chi connectivity index (χ0v) is 12.4. The van der Waals surface area contributed by atoms with E-state index in [0.717, 1.165) is 12.1 Å². The molecule has 8 heteroatoms. The molecule has 1 saturated heterocycles. The Bertz CT molecular complexity index is 640. The van der Waals surface area contributed by atoms with Crippen LogP contribution in [0.5, 0.6) is 0 Å². The lowest BCUT2D eigenvalue weighted by atomic mass is 9.99. The highest BCUT2D eigenvalue weighted by Crippen LogP contribution is 2.27. The largest absolute Gasteiger partial charge is 0.469 e. The summed E-state index contributed by atoms with van der Waals surface area (Å²) in [5, 5.41) is 0. The first-order valence-electron chi connectivity index (χ1n) is 6.49. The van der Waals surface area contributed by atoms with Gasteiger partial charge in [-0.2, -0.15) is 4.31 Å². The van der Waals surface area contributed by atoms with Crippen molar-refractivity contribution in [2.45, 2.75) is 17.7 Å². The highest BCUT2D eigenvalue weighted by atomic mass is 32.2. The molecule has 0 aliphatic carbocycles. The fraction of sp³-hybridized carbons (Fsp3) is 0.462. The van der Waals surface area contributed by atoms with E-state index in [4.69, 9.17) is 5.73 Å². The van der Waals surface area contributed by atoms with Crippen molar-refractivity contribution in [3.05, 3.63) is 24.0 Å². The highest BCUT2D eigenvalue weighted by Gasteiger charge is 2.33. The number of methoxy groups -OCH3 is 1. The molecular weight excluding hydrogens is 299 g/mol. The predicted octanol–water partition coefficient (Wildman–Crippen LogP) is 0.982. The van der Waals surface area contributed by atoms with Crippen LogP contribution in [0.25, 0.3) is 0 Å². The number of benzene rings is 1. The Morgan fingerprint density at radius 2 is 2.00 bits per heavy atom. The molecule has 1 aromatic carbocycles. The van der Waals surface area contributed by atoms with Crippen LogP contribution >= 0.6 is 0 Å². The third kappa shape index (κ3) is 3.16. The maximum Gasteiger partial charge on any atom is 0.308 e. The fourth-order valence-electron chi connectivity index (χ4n) is 2.37. The van der Waals surface area contributed by atoms with Gasteiger partial charge < -0.3 is 10.5 Å². The Morgan fingerprint density at radius 1 is 1.38 bits per heavy atom. The van der Waals surface area contributed by atoms with Crippen molar-refractivity contribution >= 4 is 21.7 Å². The van der Waals surface area contributed by atoms with Crippen molar-refractivity contribution in [2.24, 2.45) is 5.92 Å². The molecular formula is C13H17FN2O4S. The molecule has 21 heavy (non-hydrogen) atoms. The lowest BCUT2D eigenvalue weighted by Crippen LogP contribution is -2.40. The molecule has 6 nitrogen and oxygen atoms in total. The van der Waals surface area contributed by atoms with Gasteiger partial charge in [0.15, 0.2) is 0 Å². The number of piperidine rings is 1. The summed E-state index contributed by atoms with van der Waals surface area (Å²) in [6.45, 7) is 0.357. The zero-order valence-electron chi connectivity index (χ0n) is 11.6. The summed E-state index contributed by atoms with van der Waals surface area (Å²) in [4.78, 5) is 11.2. The van der Waals surface area contributed by atoms with Crippen LogP contribution in [-0.2, 0) is 19.6 Å². The average Bonchev–Trinajstić information content (AvgIpc) is 2.49. The molecule has 0 atom stereocenters. The van der Waals surface area contributed by atoms with Gasteiger partial charge in [-0.05, 0) is 31.0 Å². The number of rotatable bonds is 3. The smallest absolute Gasteiger partial charge is 0.308 e. The van der Waals surface area contributed by atoms with Crippen LogP contribution < -0.4 is 5.73 Å². The van der Waals surface area contributed by atoms with E-state index in [1.807, 2.05) is 0 Å². The number of carbonyl (C=O) groups excluding carboxylic acids is 1. The van der Waals surface area contributed by atoms with Crippen molar-refractivity contribution < 1.29 is 22.3 Å². The summed E-state index contributed by atoms with van der Waals surface area (Å²) in [7, 11) is -2.55. The molecule has 0 unspecified atom stereocenters. The lowest BCUT2D eigenvalue weighted by molar-refractivity contribution is -0.146. The first-order valence-corrected chi connectivity index (χ1v) is 7.93. The molecule has 0 radical (unpaired) electrons. The Hall–Kier alpha value is -1.67. The number of nitrogens with zero attached hydrogens (tertiary/aromatic N) is 1. The molecule has 1 heterocycles. The molecule has 1 aliphatic rings. The summed E-state index contributed by atoms with van der Waals surface area (Å²) in [5.74, 6) is -1.30. The lowest BCUT2D eigenvalue weighted by Gasteiger charge is -2.30. The molecule has 0 spiro atoms. The minimum atomic E-state index is -3.85. The van der Waals surface area contributed by atoms with Gasteiger partial charge in [-0.15, -0.1) is 0 Å². The van der Waals surface area contributed by atoms with Crippen LogP contribution in [0, 0.1) is 11.7 Å². The second kappa shape index (κ2) is 5.98. The monoisotopic (exact) mass is 316 g/mol. The number of nitrogen functional groups attached to an aromatic ring is 1. The van der Waals surface area contributed by atoms with Gasteiger partial charge in [-0.1, -0.05) is 0 Å². The molecule has 0 aromatic heterocycles. The first kappa shape index (κ1) is 15.7. The van der Waals surface area contributed by atoms with Gasteiger partial charge in [-0.3, -0.25) is 4.79 Å². The minimum absolute atomic E-state index is 0.00601. The van der Waals surface area contributed by atoms with Crippen molar-refractivity contribution in [1.29, 1.82) is 0 Å². The van der Waals surface area contributed by atoms with E-state index in [1.165, 1.54) is 17.5 Å². The third-order valence-corrected chi connectivity index (χ3v) is 5.54. The number of nitrogens with two attached hydrogens (primary N) is 1. The van der Waals surface area contributed by atoms with Crippen molar-refractivity contribution in [2.75, 3.05) is 25.9 Å². The maximum atomic E-state index is 13.3. The summed E-state index contributed by atoms with van der Waals surface area (Å²) >= 11 is 0. The van der Waals surface area contributed by atoms with Gasteiger partial charge >= 0.3 is 5.97 Å². The summed E-state index contributed by atoms with van der Waals surface area (Å²) < 4.78 is 44.1. The minimum Gasteiger partial charge on any atom is -0.469 e. The predicted molar refractivity (Wildman–Crippen MR) is 74.3 cm³/mol. The van der Waals surface area contributed by atoms with Crippen molar-refractivity contribution in [1.82, 2.24) is 4.31 Å². The van der Waals surface area contributed by atoms with E-state index in [1.54, 1.807) is 0 Å². The number of ether oxygens (including phenoxy) is 1. The van der Waals surface area contributed by atoms with E-state index >= 15 is 0 Å². The number of hydrogen-bond donors (Lipinski definition) is 1. The number of sulfonamides is 1. The van der Waals surface area contributed by atoms with E-state index in [9.17, 15) is 17.6 Å². The van der Waals surface area contributed by atoms with Gasteiger partial charge in [0, 0.05) is 13.1 Å². The number of esters is 1. The Balaban J connectivity index is 2.19. The first-order chi connectivity index (χ1) is 9.86.